The summed E-state index contributed by atoms with van der Waals surface area (Å²) in [6.45, 7) is 1.15. The molecule has 8 nitrogen and oxygen atoms in total. The number of aromatic amines is 1. The number of hydroxylamine groups is 2. The van der Waals surface area contributed by atoms with Gasteiger partial charge in [0.2, 0.25) is 0 Å². The Kier molecular flexibility index (Phi) is 6.32. The Hall–Kier alpha value is -3.52. The molecule has 1 fully saturated rings. The van der Waals surface area contributed by atoms with Gasteiger partial charge < -0.3 is 19.4 Å². The molecule has 8 heteroatoms. The number of amides is 2. The van der Waals surface area contributed by atoms with Gasteiger partial charge in [-0.3, -0.25) is 5.21 Å². The standard InChI is InChI=1S/C24H28N4O4/c1-27(30)24(29)28-14-12-18(13-15-28)23-25-21(16-4-8-19(31-2)9-5-16)22(26-23)17-6-10-20(32-3)11-7-17/h4-11,18,30H,12-15H2,1-3H3,(H,25,26). The molecule has 0 saturated carbocycles. The van der Waals surface area contributed by atoms with Gasteiger partial charge in [-0.25, -0.2) is 14.8 Å². The Balaban J connectivity index is 1.65. The van der Waals surface area contributed by atoms with E-state index in [9.17, 15) is 10.0 Å². The van der Waals surface area contributed by atoms with Crippen molar-refractivity contribution in [2.75, 3.05) is 34.4 Å². The molecule has 0 bridgehead atoms. The topological polar surface area (TPSA) is 90.9 Å². The number of urea groups is 1. The van der Waals surface area contributed by atoms with Crippen molar-refractivity contribution in [3.8, 4) is 34.0 Å². The first-order valence-corrected chi connectivity index (χ1v) is 10.6. The van der Waals surface area contributed by atoms with Crippen LogP contribution in [0.15, 0.2) is 48.5 Å². The number of nitrogens with zero attached hydrogens (tertiary/aromatic N) is 3. The minimum absolute atomic E-state index is 0.201. The average molecular weight is 437 g/mol. The van der Waals surface area contributed by atoms with Gasteiger partial charge in [-0.15, -0.1) is 0 Å². The Morgan fingerprint density at radius 1 is 1.00 bits per heavy atom. The van der Waals surface area contributed by atoms with Crippen LogP contribution in [0.1, 0.15) is 24.6 Å². The van der Waals surface area contributed by atoms with Crippen molar-refractivity contribution >= 4 is 6.03 Å². The number of likely N-dealkylation sites (tertiary alicyclic amines) is 1. The van der Waals surface area contributed by atoms with Crippen molar-refractivity contribution in [1.82, 2.24) is 19.9 Å². The van der Waals surface area contributed by atoms with Crippen LogP contribution in [0.5, 0.6) is 11.5 Å². The molecule has 1 saturated heterocycles. The van der Waals surface area contributed by atoms with Crippen molar-refractivity contribution < 1.29 is 19.5 Å². The Labute approximate surface area is 187 Å². The zero-order valence-electron chi connectivity index (χ0n) is 18.5. The minimum atomic E-state index is -0.374. The number of nitrogens with one attached hydrogen (secondary N) is 1. The Morgan fingerprint density at radius 2 is 1.53 bits per heavy atom. The number of imidazole rings is 1. The lowest BCUT2D eigenvalue weighted by molar-refractivity contribution is -0.0357. The van der Waals surface area contributed by atoms with Crippen LogP contribution >= 0.6 is 0 Å². The highest BCUT2D eigenvalue weighted by molar-refractivity contribution is 5.79. The van der Waals surface area contributed by atoms with Crippen LogP contribution < -0.4 is 9.47 Å². The second kappa shape index (κ2) is 9.32. The van der Waals surface area contributed by atoms with Gasteiger partial charge in [0, 0.05) is 37.2 Å². The molecule has 2 amide bonds. The van der Waals surface area contributed by atoms with Crippen LogP contribution in [0.2, 0.25) is 0 Å². The smallest absolute Gasteiger partial charge is 0.343 e. The third kappa shape index (κ3) is 4.40. The van der Waals surface area contributed by atoms with E-state index in [4.69, 9.17) is 14.5 Å². The van der Waals surface area contributed by atoms with Gasteiger partial charge in [0.1, 0.15) is 17.3 Å². The number of rotatable bonds is 5. The Morgan fingerprint density at radius 3 is 2.03 bits per heavy atom. The molecular weight excluding hydrogens is 408 g/mol. The van der Waals surface area contributed by atoms with Crippen LogP contribution in [-0.2, 0) is 0 Å². The van der Waals surface area contributed by atoms with Gasteiger partial charge in [0.15, 0.2) is 0 Å². The minimum Gasteiger partial charge on any atom is -0.497 e. The summed E-state index contributed by atoms with van der Waals surface area (Å²) in [6, 6.07) is 15.4. The van der Waals surface area contributed by atoms with E-state index in [1.54, 1.807) is 19.1 Å². The maximum atomic E-state index is 12.0. The zero-order valence-corrected chi connectivity index (χ0v) is 18.5. The van der Waals surface area contributed by atoms with E-state index < -0.39 is 0 Å². The molecule has 0 unspecified atom stereocenters. The SMILES string of the molecule is COc1ccc(-c2nc(C3CCN(C(=O)N(C)O)CC3)[nH]c2-c2ccc(OC)cc2)cc1. The molecule has 2 heterocycles. The molecule has 0 aliphatic carbocycles. The molecular formula is C24H28N4O4. The number of benzene rings is 2. The van der Waals surface area contributed by atoms with Crippen molar-refractivity contribution in [1.29, 1.82) is 0 Å². The third-order valence-corrected chi connectivity index (χ3v) is 5.89. The summed E-state index contributed by atoms with van der Waals surface area (Å²) in [4.78, 5) is 22.2. The fraction of sp³-hybridized carbons (Fsp3) is 0.333. The number of methoxy groups -OCH3 is 2. The van der Waals surface area contributed by atoms with Crippen molar-refractivity contribution in [2.45, 2.75) is 18.8 Å². The molecule has 2 aromatic carbocycles. The number of hydrogen-bond donors (Lipinski definition) is 2. The highest BCUT2D eigenvalue weighted by Gasteiger charge is 2.28. The van der Waals surface area contributed by atoms with E-state index in [1.165, 1.54) is 7.05 Å². The van der Waals surface area contributed by atoms with Crippen LogP contribution in [0.25, 0.3) is 22.5 Å². The van der Waals surface area contributed by atoms with Gasteiger partial charge in [-0.05, 0) is 61.4 Å². The van der Waals surface area contributed by atoms with Crippen LogP contribution in [0.4, 0.5) is 4.79 Å². The van der Waals surface area contributed by atoms with E-state index in [2.05, 4.69) is 4.98 Å². The number of H-pyrrole nitrogens is 1. The molecule has 2 N–H and O–H groups in total. The molecule has 1 aliphatic rings. The summed E-state index contributed by atoms with van der Waals surface area (Å²) >= 11 is 0. The second-order valence-electron chi connectivity index (χ2n) is 7.87. The monoisotopic (exact) mass is 436 g/mol. The highest BCUT2D eigenvalue weighted by Crippen LogP contribution is 2.36. The summed E-state index contributed by atoms with van der Waals surface area (Å²) in [5.74, 6) is 2.70. The quantitative estimate of drug-likeness (QED) is 0.458. The largest absolute Gasteiger partial charge is 0.497 e. The Bertz CT molecular complexity index is 988. The van der Waals surface area contributed by atoms with Crippen molar-refractivity contribution in [3.05, 3.63) is 54.4 Å². The molecule has 0 spiro atoms. The van der Waals surface area contributed by atoms with E-state index in [0.29, 0.717) is 18.2 Å². The first-order valence-electron chi connectivity index (χ1n) is 10.6. The molecule has 1 aromatic heterocycles. The number of aromatic nitrogens is 2. The maximum Gasteiger partial charge on any atom is 0.343 e. The molecule has 32 heavy (non-hydrogen) atoms. The van der Waals surface area contributed by atoms with E-state index in [-0.39, 0.29) is 11.9 Å². The van der Waals surface area contributed by atoms with Gasteiger partial charge in [0.05, 0.1) is 25.6 Å². The summed E-state index contributed by atoms with van der Waals surface area (Å²) in [6.07, 6.45) is 1.55. The van der Waals surface area contributed by atoms with Gasteiger partial charge >= 0.3 is 6.03 Å². The highest BCUT2D eigenvalue weighted by atomic mass is 16.5. The summed E-state index contributed by atoms with van der Waals surface area (Å²) in [5.41, 5.74) is 3.83. The fourth-order valence-corrected chi connectivity index (χ4v) is 4.06. The predicted octanol–water partition coefficient (Wildman–Crippen LogP) is 4.38. The predicted molar refractivity (Wildman–Crippen MR) is 121 cm³/mol. The van der Waals surface area contributed by atoms with E-state index in [0.717, 1.165) is 52.7 Å². The van der Waals surface area contributed by atoms with Gasteiger partial charge in [-0.2, -0.15) is 0 Å². The van der Waals surface area contributed by atoms with Crippen LogP contribution in [0.3, 0.4) is 0 Å². The second-order valence-corrected chi connectivity index (χ2v) is 7.87. The van der Waals surface area contributed by atoms with Crippen molar-refractivity contribution in [2.24, 2.45) is 0 Å². The maximum absolute atomic E-state index is 12.0. The fourth-order valence-electron chi connectivity index (χ4n) is 4.06. The number of ether oxygens (including phenoxy) is 2. The summed E-state index contributed by atoms with van der Waals surface area (Å²) in [5, 5.41) is 10.1. The van der Waals surface area contributed by atoms with Crippen molar-refractivity contribution in [3.63, 3.8) is 0 Å². The lowest BCUT2D eigenvalue weighted by Crippen LogP contribution is -2.43. The number of hydrogen-bond acceptors (Lipinski definition) is 5. The number of carbonyl (C=O) groups excluding carboxylic acids is 1. The first kappa shape index (κ1) is 21.7. The number of piperidine rings is 1. The molecule has 1 aliphatic heterocycles. The van der Waals surface area contributed by atoms with Crippen LogP contribution in [-0.4, -0.2) is 65.5 Å². The van der Waals surface area contributed by atoms with Gasteiger partial charge in [-0.1, -0.05) is 0 Å². The molecule has 3 aromatic rings. The average Bonchev–Trinajstić information content (AvgIpc) is 3.29. The summed E-state index contributed by atoms with van der Waals surface area (Å²) in [7, 11) is 4.65. The zero-order chi connectivity index (χ0) is 22.7. The van der Waals surface area contributed by atoms with E-state index in [1.807, 2.05) is 48.5 Å². The lowest BCUT2D eigenvalue weighted by atomic mass is 9.96. The third-order valence-electron chi connectivity index (χ3n) is 5.89. The lowest BCUT2D eigenvalue weighted by Gasteiger charge is -2.32. The molecule has 0 atom stereocenters. The normalized spacial score (nSPS) is 14.3. The molecule has 0 radical (unpaired) electrons. The van der Waals surface area contributed by atoms with Gasteiger partial charge in [0.25, 0.3) is 0 Å². The number of carbonyl (C=O) groups is 1. The van der Waals surface area contributed by atoms with Crippen LogP contribution in [0, 0.1) is 0 Å². The molecule has 168 valence electrons. The summed E-state index contributed by atoms with van der Waals surface area (Å²) < 4.78 is 10.6. The molecule has 4 rings (SSSR count). The first-order chi connectivity index (χ1) is 15.5. The van der Waals surface area contributed by atoms with E-state index >= 15 is 0 Å².